The van der Waals surface area contributed by atoms with Crippen LogP contribution in [0.15, 0.2) is 23.2 Å². The highest BCUT2D eigenvalue weighted by Gasteiger charge is 2.10. The SMILES string of the molecule is Cn1nccc1CCC(O)c1cscn1. The average molecular weight is 223 g/mol. The molecule has 2 aromatic rings. The van der Waals surface area contributed by atoms with E-state index in [1.807, 2.05) is 23.2 Å². The highest BCUT2D eigenvalue weighted by molar-refractivity contribution is 7.07. The molecule has 0 aliphatic rings. The number of hydrogen-bond donors (Lipinski definition) is 1. The minimum atomic E-state index is -0.467. The normalized spacial score (nSPS) is 12.9. The summed E-state index contributed by atoms with van der Waals surface area (Å²) < 4.78 is 1.83. The molecule has 15 heavy (non-hydrogen) atoms. The van der Waals surface area contributed by atoms with E-state index in [1.54, 1.807) is 11.7 Å². The van der Waals surface area contributed by atoms with Gasteiger partial charge in [0.25, 0.3) is 0 Å². The molecule has 0 amide bonds. The highest BCUT2D eigenvalue weighted by atomic mass is 32.1. The minimum absolute atomic E-state index is 0.467. The lowest BCUT2D eigenvalue weighted by atomic mass is 10.1. The zero-order chi connectivity index (χ0) is 10.7. The lowest BCUT2D eigenvalue weighted by molar-refractivity contribution is 0.163. The predicted octanol–water partition coefficient (Wildman–Crippen LogP) is 1.54. The molecule has 0 saturated carbocycles. The largest absolute Gasteiger partial charge is 0.387 e. The van der Waals surface area contributed by atoms with Crippen molar-refractivity contribution in [3.63, 3.8) is 0 Å². The van der Waals surface area contributed by atoms with Crippen LogP contribution >= 0.6 is 11.3 Å². The summed E-state index contributed by atoms with van der Waals surface area (Å²) in [6, 6.07) is 1.97. The first-order valence-corrected chi connectivity index (χ1v) is 5.74. The Morgan fingerprint density at radius 2 is 2.47 bits per heavy atom. The molecular weight excluding hydrogens is 210 g/mol. The molecule has 0 fully saturated rings. The van der Waals surface area contributed by atoms with E-state index in [4.69, 9.17) is 0 Å². The Morgan fingerprint density at radius 3 is 3.07 bits per heavy atom. The molecule has 0 spiro atoms. The molecule has 5 heteroatoms. The molecule has 0 aromatic carbocycles. The fraction of sp³-hybridized carbons (Fsp3) is 0.400. The van der Waals surface area contributed by atoms with E-state index in [0.29, 0.717) is 6.42 Å². The molecule has 1 atom stereocenters. The first-order chi connectivity index (χ1) is 7.27. The van der Waals surface area contributed by atoms with Gasteiger partial charge in [0, 0.05) is 24.3 Å². The van der Waals surface area contributed by atoms with Crippen LogP contribution in [-0.2, 0) is 13.5 Å². The quantitative estimate of drug-likeness (QED) is 0.855. The molecule has 2 heterocycles. The van der Waals surface area contributed by atoms with Crippen molar-refractivity contribution in [2.75, 3.05) is 0 Å². The summed E-state index contributed by atoms with van der Waals surface area (Å²) in [5, 5.41) is 15.8. The van der Waals surface area contributed by atoms with Gasteiger partial charge in [-0.1, -0.05) is 0 Å². The van der Waals surface area contributed by atoms with Crippen LogP contribution in [0.3, 0.4) is 0 Å². The van der Waals surface area contributed by atoms with Gasteiger partial charge in [-0.15, -0.1) is 11.3 Å². The smallest absolute Gasteiger partial charge is 0.0972 e. The second-order valence-electron chi connectivity index (χ2n) is 3.41. The summed E-state index contributed by atoms with van der Waals surface area (Å²) in [6.07, 6.45) is 2.80. The number of aliphatic hydroxyl groups is 1. The van der Waals surface area contributed by atoms with Gasteiger partial charge in [0.1, 0.15) is 0 Å². The van der Waals surface area contributed by atoms with Crippen LogP contribution in [0.25, 0.3) is 0 Å². The van der Waals surface area contributed by atoms with E-state index in [1.165, 1.54) is 11.3 Å². The van der Waals surface area contributed by atoms with Gasteiger partial charge in [-0.2, -0.15) is 5.10 Å². The van der Waals surface area contributed by atoms with Crippen LogP contribution in [0, 0.1) is 0 Å². The van der Waals surface area contributed by atoms with Crippen LogP contribution in [0.2, 0.25) is 0 Å². The minimum Gasteiger partial charge on any atom is -0.387 e. The van der Waals surface area contributed by atoms with Crippen molar-refractivity contribution < 1.29 is 5.11 Å². The van der Waals surface area contributed by atoms with Crippen molar-refractivity contribution in [3.05, 3.63) is 34.5 Å². The first kappa shape index (κ1) is 10.3. The molecule has 1 unspecified atom stereocenters. The van der Waals surface area contributed by atoms with Gasteiger partial charge in [-0.25, -0.2) is 4.98 Å². The van der Waals surface area contributed by atoms with Crippen molar-refractivity contribution in [2.45, 2.75) is 18.9 Å². The van der Waals surface area contributed by atoms with Gasteiger partial charge in [0.15, 0.2) is 0 Å². The van der Waals surface area contributed by atoms with Gasteiger partial charge in [0.05, 0.1) is 17.3 Å². The third-order valence-electron chi connectivity index (χ3n) is 2.39. The van der Waals surface area contributed by atoms with Gasteiger partial charge in [-0.3, -0.25) is 4.68 Å². The van der Waals surface area contributed by atoms with Crippen LogP contribution in [0.1, 0.15) is 23.9 Å². The van der Waals surface area contributed by atoms with Crippen LogP contribution in [-0.4, -0.2) is 19.9 Å². The Morgan fingerprint density at radius 1 is 1.60 bits per heavy atom. The maximum Gasteiger partial charge on any atom is 0.0972 e. The average Bonchev–Trinajstić information content (AvgIpc) is 2.85. The molecular formula is C10H13N3OS. The Labute approximate surface area is 92.2 Å². The van der Waals surface area contributed by atoms with Gasteiger partial charge >= 0.3 is 0 Å². The maximum atomic E-state index is 9.81. The molecule has 0 bridgehead atoms. The monoisotopic (exact) mass is 223 g/mol. The third kappa shape index (κ3) is 2.43. The Balaban J connectivity index is 1.91. The van der Waals surface area contributed by atoms with E-state index >= 15 is 0 Å². The topological polar surface area (TPSA) is 50.9 Å². The van der Waals surface area contributed by atoms with E-state index in [9.17, 15) is 5.11 Å². The summed E-state index contributed by atoms with van der Waals surface area (Å²) >= 11 is 1.51. The number of aromatic nitrogens is 3. The fourth-order valence-corrected chi connectivity index (χ4v) is 2.07. The third-order valence-corrected chi connectivity index (χ3v) is 2.99. The molecule has 4 nitrogen and oxygen atoms in total. The van der Waals surface area contributed by atoms with E-state index < -0.39 is 6.10 Å². The van der Waals surface area contributed by atoms with Crippen molar-refractivity contribution in [3.8, 4) is 0 Å². The molecule has 0 radical (unpaired) electrons. The number of hydrogen-bond acceptors (Lipinski definition) is 4. The second kappa shape index (κ2) is 4.55. The maximum absolute atomic E-state index is 9.81. The lowest BCUT2D eigenvalue weighted by Gasteiger charge is -2.07. The summed E-state index contributed by atoms with van der Waals surface area (Å²) in [7, 11) is 1.91. The summed E-state index contributed by atoms with van der Waals surface area (Å²) in [5.74, 6) is 0. The van der Waals surface area contributed by atoms with Gasteiger partial charge < -0.3 is 5.11 Å². The lowest BCUT2D eigenvalue weighted by Crippen LogP contribution is -2.03. The van der Waals surface area contributed by atoms with Crippen molar-refractivity contribution >= 4 is 11.3 Å². The molecule has 2 rings (SSSR count). The van der Waals surface area contributed by atoms with Crippen LogP contribution in [0.4, 0.5) is 0 Å². The Bertz CT molecular complexity index is 410. The molecule has 2 aromatic heterocycles. The molecule has 1 N–H and O–H groups in total. The summed E-state index contributed by atoms with van der Waals surface area (Å²) in [4.78, 5) is 4.08. The van der Waals surface area contributed by atoms with Crippen molar-refractivity contribution in [1.29, 1.82) is 0 Å². The fourth-order valence-electron chi connectivity index (χ4n) is 1.47. The number of aliphatic hydroxyl groups excluding tert-OH is 1. The second-order valence-corrected chi connectivity index (χ2v) is 4.13. The molecule has 0 saturated heterocycles. The predicted molar refractivity (Wildman–Crippen MR) is 58.6 cm³/mol. The Kier molecular flexibility index (Phi) is 3.13. The molecule has 80 valence electrons. The van der Waals surface area contributed by atoms with Crippen LogP contribution < -0.4 is 0 Å². The van der Waals surface area contributed by atoms with Gasteiger partial charge in [0.2, 0.25) is 0 Å². The standard InChI is InChI=1S/C10H13N3OS/c1-13-8(4-5-12-13)2-3-10(14)9-6-15-7-11-9/h4-7,10,14H,2-3H2,1H3. The number of rotatable bonds is 4. The van der Waals surface area contributed by atoms with Crippen molar-refractivity contribution in [2.24, 2.45) is 7.05 Å². The van der Waals surface area contributed by atoms with Crippen molar-refractivity contribution in [1.82, 2.24) is 14.8 Å². The summed E-state index contributed by atoms with van der Waals surface area (Å²) in [5.41, 5.74) is 3.63. The zero-order valence-corrected chi connectivity index (χ0v) is 9.31. The highest BCUT2D eigenvalue weighted by Crippen LogP contribution is 2.18. The van der Waals surface area contributed by atoms with Crippen LogP contribution in [0.5, 0.6) is 0 Å². The number of aryl methyl sites for hydroxylation is 2. The zero-order valence-electron chi connectivity index (χ0n) is 8.50. The molecule has 0 aliphatic carbocycles. The summed E-state index contributed by atoms with van der Waals surface area (Å²) in [6.45, 7) is 0. The van der Waals surface area contributed by atoms with Gasteiger partial charge in [-0.05, 0) is 18.9 Å². The Hall–Kier alpha value is -1.20. The van der Waals surface area contributed by atoms with E-state index in [0.717, 1.165) is 17.8 Å². The van der Waals surface area contributed by atoms with E-state index in [-0.39, 0.29) is 0 Å². The number of nitrogens with zero attached hydrogens (tertiary/aromatic N) is 3. The molecule has 0 aliphatic heterocycles. The van der Waals surface area contributed by atoms with E-state index in [2.05, 4.69) is 10.1 Å². The number of thiazole rings is 1. The first-order valence-electron chi connectivity index (χ1n) is 4.80.